The first kappa shape index (κ1) is 10.8. The summed E-state index contributed by atoms with van der Waals surface area (Å²) in [5.41, 5.74) is 0. The van der Waals surface area contributed by atoms with Gasteiger partial charge < -0.3 is 0 Å². The average molecular weight is 221 g/mol. The second-order valence-electron chi connectivity index (χ2n) is 2.45. The second kappa shape index (κ2) is 4.31. The minimum Gasteiger partial charge on any atom is -0.291 e. The maximum atomic E-state index is 11.4. The van der Waals surface area contributed by atoms with Crippen molar-refractivity contribution in [3.05, 3.63) is 27.1 Å². The fourth-order valence-electron chi connectivity index (χ4n) is 0.847. The lowest BCUT2D eigenvalue weighted by molar-refractivity contribution is -0.380. The summed E-state index contributed by atoms with van der Waals surface area (Å²) in [4.78, 5) is 21.1. The smallest absolute Gasteiger partial charge is 0.291 e. The first-order valence-corrected chi connectivity index (χ1v) is 4.49. The van der Waals surface area contributed by atoms with Gasteiger partial charge in [0.2, 0.25) is 5.78 Å². The number of Topliss-reactive ketones (excluding diaryl/α,β-unsaturated/α-hetero) is 1. The largest absolute Gasteiger partial charge is 0.324 e. The minimum absolute atomic E-state index is 0.0507. The molecule has 0 saturated carbocycles. The van der Waals surface area contributed by atoms with Gasteiger partial charge in [0, 0.05) is 6.07 Å². The number of ketones is 1. The monoisotopic (exact) mass is 221 g/mol. The highest BCUT2D eigenvalue weighted by molar-refractivity contribution is 7.17. The van der Waals surface area contributed by atoms with E-state index in [1.807, 2.05) is 0 Å². The summed E-state index contributed by atoms with van der Waals surface area (Å²) >= 11 is 0.657. The van der Waals surface area contributed by atoms with E-state index in [1.54, 1.807) is 0 Å². The Bertz CT molecular complexity index is 480. The van der Waals surface area contributed by atoms with Gasteiger partial charge in [-0.3, -0.25) is 14.9 Å². The van der Waals surface area contributed by atoms with Crippen molar-refractivity contribution >= 4 is 22.1 Å². The lowest BCUT2D eigenvalue weighted by Crippen LogP contribution is -2.08. The number of nitrogens with zero attached hydrogens (tertiary/aromatic N) is 3. The molecule has 6 nitrogen and oxygen atoms in total. The van der Waals surface area contributed by atoms with E-state index in [-0.39, 0.29) is 9.88 Å². The number of rotatable bonds is 3. The number of thiophene rings is 1. The zero-order valence-electron chi connectivity index (χ0n) is 7.21. The molecule has 0 N–H and O–H groups in total. The number of nitriles is 2. The Labute approximate surface area is 88.1 Å². The van der Waals surface area contributed by atoms with Gasteiger partial charge in [-0.1, -0.05) is 11.3 Å². The van der Waals surface area contributed by atoms with Crippen LogP contribution in [0.5, 0.6) is 0 Å². The standard InChI is InChI=1S/C8H3N3O3S/c9-3-5(4-10)8(12)6-1-2-7(15-6)11(13)14/h1-2,5H. The molecule has 0 saturated heterocycles. The number of hydrogen-bond donors (Lipinski definition) is 0. The van der Waals surface area contributed by atoms with Crippen LogP contribution in [0.25, 0.3) is 0 Å². The summed E-state index contributed by atoms with van der Waals surface area (Å²) in [5.74, 6) is -2.10. The Morgan fingerprint density at radius 2 is 2.07 bits per heavy atom. The molecule has 74 valence electrons. The average Bonchev–Trinajstić information content (AvgIpc) is 2.68. The molecule has 15 heavy (non-hydrogen) atoms. The molecule has 0 aliphatic rings. The molecule has 1 heterocycles. The highest BCUT2D eigenvalue weighted by atomic mass is 32.1. The lowest BCUT2D eigenvalue weighted by Gasteiger charge is -1.93. The molecule has 1 aromatic rings. The predicted octanol–water partition coefficient (Wildman–Crippen LogP) is 1.50. The molecule has 0 amide bonds. The van der Waals surface area contributed by atoms with Crippen LogP contribution in [0.15, 0.2) is 12.1 Å². The van der Waals surface area contributed by atoms with Crippen LogP contribution in [-0.4, -0.2) is 10.7 Å². The van der Waals surface area contributed by atoms with Crippen molar-refractivity contribution in [2.45, 2.75) is 0 Å². The van der Waals surface area contributed by atoms with E-state index in [9.17, 15) is 14.9 Å². The van der Waals surface area contributed by atoms with Gasteiger partial charge in [-0.2, -0.15) is 10.5 Å². The molecule has 0 unspecified atom stereocenters. The van der Waals surface area contributed by atoms with E-state index in [4.69, 9.17) is 10.5 Å². The van der Waals surface area contributed by atoms with Crippen LogP contribution in [0.1, 0.15) is 9.67 Å². The number of hydrogen-bond acceptors (Lipinski definition) is 6. The van der Waals surface area contributed by atoms with Gasteiger partial charge in [0.1, 0.15) is 0 Å². The van der Waals surface area contributed by atoms with Crippen molar-refractivity contribution in [1.29, 1.82) is 10.5 Å². The first-order chi connectivity index (χ1) is 7.10. The third-order valence-electron chi connectivity index (χ3n) is 1.53. The van der Waals surface area contributed by atoms with Crippen LogP contribution in [0, 0.1) is 38.7 Å². The first-order valence-electron chi connectivity index (χ1n) is 3.68. The normalized spacial score (nSPS) is 9.27. The van der Waals surface area contributed by atoms with Crippen LogP contribution >= 0.6 is 11.3 Å². The van der Waals surface area contributed by atoms with Crippen molar-refractivity contribution in [3.8, 4) is 12.1 Å². The molecule has 0 spiro atoms. The van der Waals surface area contributed by atoms with Crippen LogP contribution in [0.2, 0.25) is 0 Å². The molecule has 0 atom stereocenters. The number of nitro groups is 1. The van der Waals surface area contributed by atoms with Gasteiger partial charge in [0.25, 0.3) is 0 Å². The van der Waals surface area contributed by atoms with Gasteiger partial charge >= 0.3 is 5.00 Å². The Morgan fingerprint density at radius 1 is 1.47 bits per heavy atom. The highest BCUT2D eigenvalue weighted by Crippen LogP contribution is 2.25. The summed E-state index contributed by atoms with van der Waals surface area (Å²) in [6, 6.07) is 5.44. The quantitative estimate of drug-likeness (QED) is 0.436. The molecular weight excluding hydrogens is 218 g/mol. The summed E-state index contributed by atoms with van der Waals surface area (Å²) in [5, 5.41) is 27.0. The van der Waals surface area contributed by atoms with Crippen molar-refractivity contribution in [2.75, 3.05) is 0 Å². The van der Waals surface area contributed by atoms with Gasteiger partial charge in [-0.15, -0.1) is 0 Å². The zero-order valence-corrected chi connectivity index (χ0v) is 8.02. The van der Waals surface area contributed by atoms with Crippen LogP contribution < -0.4 is 0 Å². The highest BCUT2D eigenvalue weighted by Gasteiger charge is 2.22. The molecule has 0 radical (unpaired) electrons. The van der Waals surface area contributed by atoms with Gasteiger partial charge in [-0.05, 0) is 6.07 Å². The predicted molar refractivity (Wildman–Crippen MR) is 50.0 cm³/mol. The van der Waals surface area contributed by atoms with Crippen molar-refractivity contribution in [3.63, 3.8) is 0 Å². The topological polar surface area (TPSA) is 108 Å². The van der Waals surface area contributed by atoms with E-state index < -0.39 is 16.6 Å². The van der Waals surface area contributed by atoms with E-state index in [0.717, 1.165) is 0 Å². The third kappa shape index (κ3) is 2.16. The molecule has 1 rings (SSSR count). The van der Waals surface area contributed by atoms with E-state index in [0.29, 0.717) is 11.3 Å². The molecule has 0 bridgehead atoms. The fourth-order valence-corrected chi connectivity index (χ4v) is 1.64. The molecule has 0 aromatic carbocycles. The van der Waals surface area contributed by atoms with Crippen LogP contribution in [-0.2, 0) is 0 Å². The van der Waals surface area contributed by atoms with Crippen molar-refractivity contribution in [1.82, 2.24) is 0 Å². The second-order valence-corrected chi connectivity index (χ2v) is 3.51. The summed E-state index contributed by atoms with van der Waals surface area (Å²) in [7, 11) is 0. The van der Waals surface area contributed by atoms with E-state index in [1.165, 1.54) is 24.3 Å². The SMILES string of the molecule is N#CC(C#N)C(=O)c1ccc([N+](=O)[O-])s1. The molecule has 0 fully saturated rings. The Balaban J connectivity index is 2.99. The van der Waals surface area contributed by atoms with Crippen molar-refractivity contribution < 1.29 is 9.72 Å². The van der Waals surface area contributed by atoms with Crippen LogP contribution in [0.4, 0.5) is 5.00 Å². The molecular formula is C8H3N3O3S. The maximum Gasteiger partial charge on any atom is 0.324 e. The zero-order chi connectivity index (χ0) is 11.4. The maximum absolute atomic E-state index is 11.4. The molecule has 0 aliphatic carbocycles. The lowest BCUT2D eigenvalue weighted by atomic mass is 10.1. The minimum atomic E-state index is -1.40. The van der Waals surface area contributed by atoms with Gasteiger partial charge in [-0.25, -0.2) is 0 Å². The summed E-state index contributed by atoms with van der Waals surface area (Å²) in [6.45, 7) is 0. The Hall–Kier alpha value is -2.25. The van der Waals surface area contributed by atoms with E-state index in [2.05, 4.69) is 0 Å². The molecule has 0 aliphatic heterocycles. The summed E-state index contributed by atoms with van der Waals surface area (Å²) in [6.07, 6.45) is 0. The fraction of sp³-hybridized carbons (Fsp3) is 0.125. The van der Waals surface area contributed by atoms with Gasteiger partial charge in [0.15, 0.2) is 5.92 Å². The number of carbonyl (C=O) groups is 1. The molecule has 1 aromatic heterocycles. The Kier molecular flexibility index (Phi) is 3.11. The van der Waals surface area contributed by atoms with Crippen molar-refractivity contribution in [2.24, 2.45) is 5.92 Å². The third-order valence-corrected chi connectivity index (χ3v) is 2.59. The Morgan fingerprint density at radius 3 is 2.47 bits per heavy atom. The number of carbonyl (C=O) groups excluding carboxylic acids is 1. The summed E-state index contributed by atoms with van der Waals surface area (Å²) < 4.78 is 0. The van der Waals surface area contributed by atoms with Crippen LogP contribution in [0.3, 0.4) is 0 Å². The van der Waals surface area contributed by atoms with Gasteiger partial charge in [0.05, 0.1) is 21.9 Å². The molecule has 7 heteroatoms. The van der Waals surface area contributed by atoms with E-state index >= 15 is 0 Å².